The summed E-state index contributed by atoms with van der Waals surface area (Å²) >= 11 is 0. The van der Waals surface area contributed by atoms with E-state index in [-0.39, 0.29) is 0 Å². The number of para-hydroxylation sites is 2. The number of carbonyl (C=O) groups is 1. The van der Waals surface area contributed by atoms with E-state index in [0.717, 1.165) is 46.6 Å². The summed E-state index contributed by atoms with van der Waals surface area (Å²) in [6.45, 7) is 4.89. The highest BCUT2D eigenvalue weighted by molar-refractivity contribution is 5.89. The van der Waals surface area contributed by atoms with Crippen LogP contribution in [0.3, 0.4) is 0 Å². The number of hydrogen-bond acceptors (Lipinski definition) is 4. The fourth-order valence-corrected chi connectivity index (χ4v) is 4.08. The van der Waals surface area contributed by atoms with Crippen molar-refractivity contribution in [1.29, 1.82) is 0 Å². The Hall–Kier alpha value is -2.99. The van der Waals surface area contributed by atoms with E-state index in [1.165, 1.54) is 0 Å². The molecule has 1 aliphatic heterocycles. The molecule has 2 aromatic carbocycles. The van der Waals surface area contributed by atoms with Crippen molar-refractivity contribution in [2.45, 2.75) is 13.0 Å². The van der Waals surface area contributed by atoms with Crippen LogP contribution in [-0.4, -0.2) is 54.2 Å². The average molecular weight is 379 g/mol. The topological polar surface area (TPSA) is 68.8 Å². The number of anilines is 1. The number of fused-ring (bicyclic) bond motifs is 1. The summed E-state index contributed by atoms with van der Waals surface area (Å²) in [6, 6.07) is 13.4. The van der Waals surface area contributed by atoms with Gasteiger partial charge in [-0.1, -0.05) is 23.8 Å². The fraction of sp³-hybridized carbons (Fsp3) is 0.318. The van der Waals surface area contributed by atoms with Crippen molar-refractivity contribution in [3.63, 3.8) is 0 Å². The van der Waals surface area contributed by atoms with E-state index in [9.17, 15) is 9.90 Å². The lowest BCUT2D eigenvalue weighted by Gasteiger charge is -2.39. The number of ether oxygens (including phenoxy) is 1. The third kappa shape index (κ3) is 3.31. The third-order valence-electron chi connectivity index (χ3n) is 5.50. The van der Waals surface area contributed by atoms with Gasteiger partial charge in [-0.25, -0.2) is 0 Å². The van der Waals surface area contributed by atoms with Crippen LogP contribution < -0.4 is 9.64 Å². The number of rotatable bonds is 5. The minimum Gasteiger partial charge on any atom is -0.495 e. The molecule has 4 rings (SSSR count). The molecule has 6 heteroatoms. The zero-order valence-corrected chi connectivity index (χ0v) is 16.2. The Morgan fingerprint density at radius 1 is 1.14 bits per heavy atom. The van der Waals surface area contributed by atoms with E-state index in [0.29, 0.717) is 13.1 Å². The number of aromatic nitrogens is 1. The first kappa shape index (κ1) is 18.4. The Morgan fingerprint density at radius 3 is 2.61 bits per heavy atom. The number of hydrogen-bond donors (Lipinski definition) is 2. The Labute approximate surface area is 164 Å². The smallest absolute Gasteiger partial charge is 0.325 e. The van der Waals surface area contributed by atoms with Gasteiger partial charge in [0, 0.05) is 48.8 Å². The molecule has 0 spiro atoms. The van der Waals surface area contributed by atoms with Crippen molar-refractivity contribution in [2.75, 3.05) is 38.2 Å². The SMILES string of the molecule is COc1ccccc1N1CCN([C@H](C(=O)O)c2c[nH]c3ccc(C)cc23)CC1. The molecule has 1 saturated heterocycles. The number of nitrogens with zero attached hydrogens (tertiary/aromatic N) is 2. The van der Waals surface area contributed by atoms with Gasteiger partial charge in [0.1, 0.15) is 11.8 Å². The van der Waals surface area contributed by atoms with Crippen molar-refractivity contribution >= 4 is 22.6 Å². The van der Waals surface area contributed by atoms with E-state index >= 15 is 0 Å². The Bertz CT molecular complexity index is 990. The largest absolute Gasteiger partial charge is 0.495 e. The van der Waals surface area contributed by atoms with Crippen LogP contribution in [0, 0.1) is 6.92 Å². The molecule has 0 amide bonds. The quantitative estimate of drug-likeness (QED) is 0.711. The fourth-order valence-electron chi connectivity index (χ4n) is 4.08. The van der Waals surface area contributed by atoms with Gasteiger partial charge >= 0.3 is 5.97 Å². The normalized spacial score (nSPS) is 16.3. The Kier molecular flexibility index (Phi) is 4.96. The summed E-state index contributed by atoms with van der Waals surface area (Å²) < 4.78 is 5.48. The average Bonchev–Trinajstić information content (AvgIpc) is 3.11. The first-order chi connectivity index (χ1) is 13.6. The van der Waals surface area contributed by atoms with E-state index in [4.69, 9.17) is 4.74 Å². The van der Waals surface area contributed by atoms with Crippen LogP contribution in [0.1, 0.15) is 17.2 Å². The van der Waals surface area contributed by atoms with Crippen LogP contribution >= 0.6 is 0 Å². The number of piperazine rings is 1. The number of nitrogens with one attached hydrogen (secondary N) is 1. The molecule has 0 unspecified atom stereocenters. The molecule has 2 N–H and O–H groups in total. The second-order valence-corrected chi connectivity index (χ2v) is 7.23. The molecule has 6 nitrogen and oxygen atoms in total. The van der Waals surface area contributed by atoms with Gasteiger partial charge in [0.2, 0.25) is 0 Å². The van der Waals surface area contributed by atoms with Gasteiger partial charge in [-0.15, -0.1) is 0 Å². The number of benzene rings is 2. The second kappa shape index (κ2) is 7.56. The zero-order valence-electron chi connectivity index (χ0n) is 16.2. The molecular formula is C22H25N3O3. The minimum atomic E-state index is -0.812. The van der Waals surface area contributed by atoms with Crippen molar-refractivity contribution in [3.8, 4) is 5.75 Å². The van der Waals surface area contributed by atoms with Gasteiger partial charge in [0.15, 0.2) is 0 Å². The lowest BCUT2D eigenvalue weighted by Crippen LogP contribution is -2.49. The third-order valence-corrected chi connectivity index (χ3v) is 5.50. The Balaban J connectivity index is 1.57. The maximum atomic E-state index is 12.2. The first-order valence-electron chi connectivity index (χ1n) is 9.51. The van der Waals surface area contributed by atoms with Gasteiger partial charge in [0.05, 0.1) is 12.8 Å². The Morgan fingerprint density at radius 2 is 1.89 bits per heavy atom. The highest BCUT2D eigenvalue weighted by Gasteiger charge is 2.32. The maximum Gasteiger partial charge on any atom is 0.325 e. The van der Waals surface area contributed by atoms with E-state index in [1.807, 2.05) is 49.5 Å². The van der Waals surface area contributed by atoms with Crippen molar-refractivity contribution in [1.82, 2.24) is 9.88 Å². The molecule has 0 radical (unpaired) electrons. The van der Waals surface area contributed by atoms with Crippen molar-refractivity contribution < 1.29 is 14.6 Å². The number of methoxy groups -OCH3 is 1. The molecule has 146 valence electrons. The van der Waals surface area contributed by atoms with Gasteiger partial charge in [0.25, 0.3) is 0 Å². The summed E-state index contributed by atoms with van der Waals surface area (Å²) in [6.07, 6.45) is 1.84. The number of H-pyrrole nitrogens is 1. The highest BCUT2D eigenvalue weighted by atomic mass is 16.5. The lowest BCUT2D eigenvalue weighted by molar-refractivity contribution is -0.143. The molecule has 0 saturated carbocycles. The molecule has 1 aliphatic rings. The van der Waals surface area contributed by atoms with Gasteiger partial charge in [-0.3, -0.25) is 9.69 Å². The number of carboxylic acid groups (broad SMARTS) is 1. The second-order valence-electron chi connectivity index (χ2n) is 7.23. The molecule has 0 aliphatic carbocycles. The molecule has 3 aromatic rings. The van der Waals surface area contributed by atoms with Crippen LogP contribution in [0.15, 0.2) is 48.7 Å². The number of aliphatic carboxylic acids is 1. The number of carboxylic acids is 1. The molecule has 28 heavy (non-hydrogen) atoms. The summed E-state index contributed by atoms with van der Waals surface area (Å²) in [5, 5.41) is 11.0. The number of aryl methyl sites for hydroxylation is 1. The van der Waals surface area contributed by atoms with Crippen molar-refractivity contribution in [3.05, 3.63) is 59.8 Å². The number of aromatic amines is 1. The van der Waals surface area contributed by atoms with Gasteiger partial charge in [-0.05, 0) is 31.2 Å². The molecule has 1 atom stereocenters. The predicted molar refractivity (Wildman–Crippen MR) is 110 cm³/mol. The van der Waals surface area contributed by atoms with Crippen LogP contribution in [0.2, 0.25) is 0 Å². The summed E-state index contributed by atoms with van der Waals surface area (Å²) in [7, 11) is 1.68. The molecule has 2 heterocycles. The highest BCUT2D eigenvalue weighted by Crippen LogP contribution is 2.32. The molecule has 1 fully saturated rings. The van der Waals surface area contributed by atoms with E-state index in [2.05, 4.69) is 20.9 Å². The van der Waals surface area contributed by atoms with Gasteiger partial charge < -0.3 is 19.7 Å². The molecular weight excluding hydrogens is 354 g/mol. The first-order valence-corrected chi connectivity index (χ1v) is 9.51. The van der Waals surface area contributed by atoms with Crippen LogP contribution in [0.5, 0.6) is 5.75 Å². The molecule has 0 bridgehead atoms. The van der Waals surface area contributed by atoms with Gasteiger partial charge in [-0.2, -0.15) is 0 Å². The minimum absolute atomic E-state index is 0.657. The van der Waals surface area contributed by atoms with Crippen LogP contribution in [0.25, 0.3) is 10.9 Å². The van der Waals surface area contributed by atoms with E-state index in [1.54, 1.807) is 7.11 Å². The zero-order chi connectivity index (χ0) is 19.7. The van der Waals surface area contributed by atoms with Crippen molar-refractivity contribution in [2.24, 2.45) is 0 Å². The standard InChI is InChI=1S/C22H25N3O3/c1-15-7-8-18-16(13-15)17(14-23-18)21(22(26)27)25-11-9-24(10-12-25)19-5-3-4-6-20(19)28-2/h3-8,13-14,21,23H,9-12H2,1-2H3,(H,26,27)/t21-/m0/s1. The van der Waals surface area contributed by atoms with Crippen LogP contribution in [0.4, 0.5) is 5.69 Å². The summed E-state index contributed by atoms with van der Waals surface area (Å²) in [5.74, 6) is 0.0333. The monoisotopic (exact) mass is 379 g/mol. The molecule has 1 aromatic heterocycles. The predicted octanol–water partition coefficient (Wildman–Crippen LogP) is 3.43. The van der Waals surface area contributed by atoms with E-state index < -0.39 is 12.0 Å². The summed E-state index contributed by atoms with van der Waals surface area (Å²) in [5.41, 5.74) is 3.98. The maximum absolute atomic E-state index is 12.2. The summed E-state index contributed by atoms with van der Waals surface area (Å²) in [4.78, 5) is 19.7. The lowest BCUT2D eigenvalue weighted by atomic mass is 10.0. The van der Waals surface area contributed by atoms with Crippen LogP contribution in [-0.2, 0) is 4.79 Å².